The average molecular weight is 285 g/mol. The summed E-state index contributed by atoms with van der Waals surface area (Å²) in [6, 6.07) is 3.36. The molecule has 4 rings (SSSR count). The van der Waals surface area contributed by atoms with E-state index in [1.54, 1.807) is 6.07 Å². The Kier molecular flexibility index (Phi) is 2.27. The number of rotatable bonds is 1. The van der Waals surface area contributed by atoms with E-state index in [9.17, 15) is 13.2 Å². The van der Waals surface area contributed by atoms with Crippen LogP contribution in [0.1, 0.15) is 12.2 Å². The van der Waals surface area contributed by atoms with Gasteiger partial charge in [0.05, 0.1) is 18.8 Å². The molecule has 0 aliphatic carbocycles. The lowest BCUT2D eigenvalue weighted by Crippen LogP contribution is -2.37. The molecule has 2 aliphatic heterocycles. The van der Waals surface area contributed by atoms with E-state index >= 15 is 0 Å². The number of halogens is 3. The number of aromatic nitrogens is 4. The van der Waals surface area contributed by atoms with Crippen LogP contribution >= 0.6 is 0 Å². The van der Waals surface area contributed by atoms with Crippen LogP contribution < -0.4 is 4.90 Å². The van der Waals surface area contributed by atoms with Gasteiger partial charge in [-0.25, -0.2) is 0 Å². The summed E-state index contributed by atoms with van der Waals surface area (Å²) >= 11 is 0. The van der Waals surface area contributed by atoms with Crippen LogP contribution in [0.25, 0.3) is 5.65 Å². The molecule has 0 amide bonds. The predicted octanol–water partition coefficient (Wildman–Crippen LogP) is 1.12. The summed E-state index contributed by atoms with van der Waals surface area (Å²) in [5, 5.41) is 10.7. The van der Waals surface area contributed by atoms with Crippen molar-refractivity contribution in [2.45, 2.75) is 24.7 Å². The van der Waals surface area contributed by atoms with Gasteiger partial charge in [-0.1, -0.05) is 0 Å². The lowest BCUT2D eigenvalue weighted by Gasteiger charge is -2.27. The molecular weight excluding hydrogens is 275 g/mol. The molecule has 6 nitrogen and oxygen atoms in total. The van der Waals surface area contributed by atoms with Crippen molar-refractivity contribution in [1.82, 2.24) is 19.8 Å². The van der Waals surface area contributed by atoms with Crippen molar-refractivity contribution in [2.75, 3.05) is 18.1 Å². The van der Waals surface area contributed by atoms with Gasteiger partial charge in [0, 0.05) is 6.54 Å². The first-order valence-electron chi connectivity index (χ1n) is 6.20. The van der Waals surface area contributed by atoms with Crippen molar-refractivity contribution >= 4 is 11.5 Å². The van der Waals surface area contributed by atoms with Crippen molar-refractivity contribution in [3.05, 3.63) is 18.0 Å². The molecule has 2 aromatic rings. The van der Waals surface area contributed by atoms with Crippen LogP contribution in [-0.2, 0) is 10.9 Å². The van der Waals surface area contributed by atoms with E-state index in [1.165, 1.54) is 6.07 Å². The number of nitrogens with zero attached hydrogens (tertiary/aromatic N) is 5. The highest BCUT2D eigenvalue weighted by atomic mass is 19.4. The Morgan fingerprint density at radius 3 is 2.75 bits per heavy atom. The van der Waals surface area contributed by atoms with Crippen LogP contribution in [0.5, 0.6) is 0 Å². The summed E-state index contributed by atoms with van der Waals surface area (Å²) in [5.74, 6) is -0.603. The van der Waals surface area contributed by atoms with Crippen molar-refractivity contribution in [3.8, 4) is 0 Å². The van der Waals surface area contributed by atoms with Gasteiger partial charge < -0.3 is 9.64 Å². The Hall–Kier alpha value is -1.90. The van der Waals surface area contributed by atoms with E-state index in [1.807, 2.05) is 4.90 Å². The minimum Gasteiger partial charge on any atom is -0.374 e. The number of hydrogen-bond donors (Lipinski definition) is 0. The Morgan fingerprint density at radius 1 is 1.25 bits per heavy atom. The number of ether oxygens (including phenoxy) is 1. The molecule has 2 unspecified atom stereocenters. The highest BCUT2D eigenvalue weighted by Crippen LogP contribution is 2.32. The van der Waals surface area contributed by atoms with E-state index in [-0.39, 0.29) is 17.8 Å². The van der Waals surface area contributed by atoms with Crippen molar-refractivity contribution in [1.29, 1.82) is 0 Å². The zero-order valence-corrected chi connectivity index (χ0v) is 10.2. The van der Waals surface area contributed by atoms with Gasteiger partial charge in [-0.3, -0.25) is 0 Å². The molecule has 2 atom stereocenters. The largest absolute Gasteiger partial charge is 0.453 e. The van der Waals surface area contributed by atoms with Crippen LogP contribution in [0, 0.1) is 0 Å². The van der Waals surface area contributed by atoms with E-state index in [2.05, 4.69) is 15.3 Å². The molecule has 2 saturated heterocycles. The summed E-state index contributed by atoms with van der Waals surface area (Å²) in [6.45, 7) is 1.26. The van der Waals surface area contributed by atoms with Crippen LogP contribution in [-0.4, -0.2) is 45.1 Å². The molecule has 2 bridgehead atoms. The van der Waals surface area contributed by atoms with Gasteiger partial charge in [-0.15, -0.1) is 15.3 Å². The highest BCUT2D eigenvalue weighted by Gasteiger charge is 2.41. The third kappa shape index (κ3) is 1.65. The number of hydrogen-bond acceptors (Lipinski definition) is 5. The van der Waals surface area contributed by atoms with Crippen LogP contribution in [0.4, 0.5) is 19.0 Å². The molecule has 0 spiro atoms. The maximum Gasteiger partial charge on any atom is 0.453 e. The van der Waals surface area contributed by atoms with Crippen LogP contribution in [0.15, 0.2) is 12.1 Å². The normalized spacial score (nSPS) is 25.9. The van der Waals surface area contributed by atoms with Gasteiger partial charge in [-0.2, -0.15) is 17.7 Å². The second-order valence-corrected chi connectivity index (χ2v) is 4.98. The van der Waals surface area contributed by atoms with Crippen molar-refractivity contribution in [3.63, 3.8) is 0 Å². The summed E-state index contributed by atoms with van der Waals surface area (Å²) in [5.41, 5.74) is 0.0849. The SMILES string of the molecule is FC(F)(F)c1nnc2ccc(N3CC4CC3CO4)nn12. The van der Waals surface area contributed by atoms with Gasteiger partial charge in [0.2, 0.25) is 0 Å². The van der Waals surface area contributed by atoms with E-state index < -0.39 is 12.0 Å². The molecule has 106 valence electrons. The second-order valence-electron chi connectivity index (χ2n) is 4.98. The molecule has 0 radical (unpaired) electrons. The fourth-order valence-electron chi connectivity index (χ4n) is 2.79. The van der Waals surface area contributed by atoms with Gasteiger partial charge in [0.25, 0.3) is 5.82 Å². The highest BCUT2D eigenvalue weighted by molar-refractivity contribution is 5.48. The van der Waals surface area contributed by atoms with Gasteiger partial charge in [-0.05, 0) is 18.6 Å². The minimum atomic E-state index is -4.57. The van der Waals surface area contributed by atoms with Crippen LogP contribution in [0.2, 0.25) is 0 Å². The Bertz CT molecular complexity index is 670. The van der Waals surface area contributed by atoms with Crippen molar-refractivity contribution in [2.24, 2.45) is 0 Å². The monoisotopic (exact) mass is 285 g/mol. The summed E-state index contributed by atoms with van der Waals surface area (Å²) in [4.78, 5) is 1.98. The molecule has 0 aromatic carbocycles. The zero-order chi connectivity index (χ0) is 13.9. The average Bonchev–Trinajstić information content (AvgIpc) is 3.11. The molecule has 20 heavy (non-hydrogen) atoms. The number of fused-ring (bicyclic) bond motifs is 3. The fourth-order valence-corrected chi connectivity index (χ4v) is 2.79. The fraction of sp³-hybridized carbons (Fsp3) is 0.545. The third-order valence-electron chi connectivity index (χ3n) is 3.70. The third-order valence-corrected chi connectivity index (χ3v) is 3.70. The molecule has 9 heteroatoms. The Labute approximate surface area is 111 Å². The minimum absolute atomic E-state index is 0.0849. The summed E-state index contributed by atoms with van der Waals surface area (Å²) in [7, 11) is 0. The zero-order valence-electron chi connectivity index (χ0n) is 10.2. The first-order chi connectivity index (χ1) is 9.52. The maximum atomic E-state index is 12.8. The first kappa shape index (κ1) is 11.9. The van der Waals surface area contributed by atoms with Crippen molar-refractivity contribution < 1.29 is 17.9 Å². The number of alkyl halides is 3. The number of morpholine rings is 1. The molecule has 4 heterocycles. The van der Waals surface area contributed by atoms with E-state index in [0.29, 0.717) is 19.0 Å². The van der Waals surface area contributed by atoms with E-state index in [4.69, 9.17) is 4.74 Å². The van der Waals surface area contributed by atoms with Gasteiger partial charge in [0.15, 0.2) is 5.65 Å². The molecule has 2 aromatic heterocycles. The topological polar surface area (TPSA) is 55.5 Å². The lowest BCUT2D eigenvalue weighted by molar-refractivity contribution is -0.146. The molecular formula is C11H10F3N5O. The maximum absolute atomic E-state index is 12.8. The smallest absolute Gasteiger partial charge is 0.374 e. The molecule has 2 fully saturated rings. The lowest BCUT2D eigenvalue weighted by atomic mass is 10.2. The van der Waals surface area contributed by atoms with Crippen LogP contribution in [0.3, 0.4) is 0 Å². The second kappa shape index (κ2) is 3.81. The Morgan fingerprint density at radius 2 is 2.10 bits per heavy atom. The predicted molar refractivity (Wildman–Crippen MR) is 61.3 cm³/mol. The molecule has 2 aliphatic rings. The van der Waals surface area contributed by atoms with Gasteiger partial charge in [0.1, 0.15) is 5.82 Å². The summed E-state index contributed by atoms with van der Waals surface area (Å²) < 4.78 is 44.7. The first-order valence-corrected chi connectivity index (χ1v) is 6.20. The van der Waals surface area contributed by atoms with Gasteiger partial charge >= 0.3 is 6.18 Å². The van der Waals surface area contributed by atoms with E-state index in [0.717, 1.165) is 10.9 Å². The summed E-state index contributed by atoms with van der Waals surface area (Å²) in [6.07, 6.45) is -3.52. The molecule has 0 N–H and O–H groups in total. The Balaban J connectivity index is 1.78. The number of anilines is 1. The quantitative estimate of drug-likeness (QED) is 0.786. The standard InChI is InChI=1S/C11H10F3N5O/c12-11(13,14)10-16-15-8-1-2-9(17-19(8)10)18-4-7-3-6(18)5-20-7/h1-2,6-7H,3-5H2. The molecule has 0 saturated carbocycles.